The Balaban J connectivity index is 3.06. The molecule has 19 heavy (non-hydrogen) atoms. The lowest BCUT2D eigenvalue weighted by molar-refractivity contribution is 0.0629. The van der Waals surface area contributed by atoms with Crippen LogP contribution >= 0.6 is 11.6 Å². The SMILES string of the molecule is CNc1cc(C(=O)N(C)C(C)C(C)(C)C)c(Cl)cn1. The van der Waals surface area contributed by atoms with Crippen LogP contribution in [0.2, 0.25) is 5.02 Å². The van der Waals surface area contributed by atoms with Gasteiger partial charge >= 0.3 is 0 Å². The normalized spacial score (nSPS) is 13.0. The molecule has 0 fully saturated rings. The number of carbonyl (C=O) groups excluding carboxylic acids is 1. The Labute approximate surface area is 120 Å². The summed E-state index contributed by atoms with van der Waals surface area (Å²) in [5.41, 5.74) is 0.482. The molecule has 1 aromatic heterocycles. The molecule has 1 amide bonds. The van der Waals surface area contributed by atoms with Crippen molar-refractivity contribution < 1.29 is 4.79 Å². The first-order valence-corrected chi connectivity index (χ1v) is 6.66. The zero-order chi connectivity index (χ0) is 14.8. The van der Waals surface area contributed by atoms with Crippen molar-refractivity contribution in [1.29, 1.82) is 0 Å². The van der Waals surface area contributed by atoms with Gasteiger partial charge in [0.25, 0.3) is 5.91 Å². The lowest BCUT2D eigenvalue weighted by Crippen LogP contribution is -2.43. The minimum absolute atomic E-state index is 0.00968. The molecule has 1 aromatic rings. The summed E-state index contributed by atoms with van der Waals surface area (Å²) in [5, 5.41) is 3.28. The van der Waals surface area contributed by atoms with Gasteiger partial charge in [0.2, 0.25) is 0 Å². The molecular weight excluding hydrogens is 262 g/mol. The third-order valence-corrected chi connectivity index (χ3v) is 3.80. The van der Waals surface area contributed by atoms with E-state index in [1.807, 2.05) is 6.92 Å². The summed E-state index contributed by atoms with van der Waals surface area (Å²) in [6.45, 7) is 8.35. The maximum absolute atomic E-state index is 12.5. The fourth-order valence-electron chi connectivity index (χ4n) is 1.69. The Morgan fingerprint density at radius 3 is 2.53 bits per heavy atom. The minimum Gasteiger partial charge on any atom is -0.373 e. The number of nitrogens with zero attached hydrogens (tertiary/aromatic N) is 2. The van der Waals surface area contributed by atoms with E-state index in [9.17, 15) is 4.79 Å². The summed E-state index contributed by atoms with van der Waals surface area (Å²) in [5.74, 6) is 0.538. The van der Waals surface area contributed by atoms with Crippen LogP contribution in [0.15, 0.2) is 12.3 Å². The number of rotatable bonds is 3. The fourth-order valence-corrected chi connectivity index (χ4v) is 1.87. The van der Waals surface area contributed by atoms with Crippen LogP contribution in [-0.4, -0.2) is 35.9 Å². The summed E-state index contributed by atoms with van der Waals surface area (Å²) in [7, 11) is 3.56. The lowest BCUT2D eigenvalue weighted by Gasteiger charge is -2.35. The molecule has 0 spiro atoms. The van der Waals surface area contributed by atoms with Crippen LogP contribution in [0.25, 0.3) is 0 Å². The van der Waals surface area contributed by atoms with Gasteiger partial charge < -0.3 is 10.2 Å². The van der Waals surface area contributed by atoms with Crippen molar-refractivity contribution in [3.63, 3.8) is 0 Å². The molecular formula is C14H22ClN3O. The summed E-state index contributed by atoms with van der Waals surface area (Å²) in [6, 6.07) is 1.78. The van der Waals surface area contributed by atoms with Gasteiger partial charge in [-0.3, -0.25) is 4.79 Å². The molecule has 106 valence electrons. The molecule has 0 bridgehead atoms. The van der Waals surface area contributed by atoms with Crippen LogP contribution in [0.5, 0.6) is 0 Å². The summed E-state index contributed by atoms with van der Waals surface area (Å²) >= 11 is 6.07. The van der Waals surface area contributed by atoms with Crippen LogP contribution in [0.4, 0.5) is 5.82 Å². The first-order valence-electron chi connectivity index (χ1n) is 6.29. The van der Waals surface area contributed by atoms with E-state index in [1.54, 1.807) is 25.1 Å². The van der Waals surface area contributed by atoms with Crippen LogP contribution in [0, 0.1) is 5.41 Å². The van der Waals surface area contributed by atoms with Crippen molar-refractivity contribution in [1.82, 2.24) is 9.88 Å². The van der Waals surface area contributed by atoms with Crippen LogP contribution in [0.3, 0.4) is 0 Å². The largest absolute Gasteiger partial charge is 0.373 e. The van der Waals surface area contributed by atoms with E-state index in [0.717, 1.165) is 0 Å². The van der Waals surface area contributed by atoms with E-state index in [4.69, 9.17) is 11.6 Å². The second-order valence-corrected chi connectivity index (χ2v) is 6.16. The Kier molecular flexibility index (Phi) is 4.80. The van der Waals surface area contributed by atoms with E-state index >= 15 is 0 Å². The summed E-state index contributed by atoms with van der Waals surface area (Å²) in [4.78, 5) is 18.3. The smallest absolute Gasteiger partial charge is 0.255 e. The third kappa shape index (κ3) is 3.60. The third-order valence-electron chi connectivity index (χ3n) is 3.50. The molecule has 1 rings (SSSR count). The Hall–Kier alpha value is -1.29. The number of pyridine rings is 1. The maximum atomic E-state index is 12.5. The first kappa shape index (κ1) is 15.8. The van der Waals surface area contributed by atoms with Crippen LogP contribution in [-0.2, 0) is 0 Å². The van der Waals surface area contributed by atoms with E-state index in [0.29, 0.717) is 16.4 Å². The predicted octanol–water partition coefficient (Wildman–Crippen LogP) is 3.28. The molecule has 1 heterocycles. The van der Waals surface area contributed by atoms with Gasteiger partial charge in [0.05, 0.1) is 10.6 Å². The number of hydrogen-bond donors (Lipinski definition) is 1. The van der Waals surface area contributed by atoms with Crippen molar-refractivity contribution in [2.24, 2.45) is 5.41 Å². The molecule has 5 heteroatoms. The number of carbonyl (C=O) groups is 1. The molecule has 0 aliphatic rings. The molecule has 0 aliphatic heterocycles. The molecule has 1 unspecified atom stereocenters. The monoisotopic (exact) mass is 283 g/mol. The lowest BCUT2D eigenvalue weighted by atomic mass is 9.87. The summed E-state index contributed by atoms with van der Waals surface area (Å²) < 4.78 is 0. The van der Waals surface area contributed by atoms with Gasteiger partial charge in [-0.2, -0.15) is 0 Å². The van der Waals surface area contributed by atoms with Gasteiger partial charge in [0, 0.05) is 26.3 Å². The zero-order valence-electron chi connectivity index (χ0n) is 12.4. The Morgan fingerprint density at radius 2 is 2.05 bits per heavy atom. The van der Waals surface area contributed by atoms with E-state index < -0.39 is 0 Å². The minimum atomic E-state index is -0.0914. The average molecular weight is 284 g/mol. The number of aromatic nitrogens is 1. The van der Waals surface area contributed by atoms with Gasteiger partial charge in [0.15, 0.2) is 0 Å². The molecule has 4 nitrogen and oxygen atoms in total. The highest BCUT2D eigenvalue weighted by molar-refractivity contribution is 6.33. The number of amides is 1. The molecule has 0 aliphatic carbocycles. The quantitative estimate of drug-likeness (QED) is 0.926. The zero-order valence-corrected chi connectivity index (χ0v) is 13.2. The highest BCUT2D eigenvalue weighted by atomic mass is 35.5. The molecule has 0 radical (unpaired) electrons. The summed E-state index contributed by atoms with van der Waals surface area (Å²) in [6.07, 6.45) is 1.50. The Bertz CT molecular complexity index is 468. The van der Waals surface area contributed by atoms with E-state index in [-0.39, 0.29) is 17.4 Å². The van der Waals surface area contributed by atoms with Crippen molar-refractivity contribution in [2.45, 2.75) is 33.7 Å². The van der Waals surface area contributed by atoms with Gasteiger partial charge in [-0.1, -0.05) is 32.4 Å². The average Bonchev–Trinajstić information content (AvgIpc) is 2.35. The Morgan fingerprint density at radius 1 is 1.47 bits per heavy atom. The highest BCUT2D eigenvalue weighted by Gasteiger charge is 2.28. The van der Waals surface area contributed by atoms with Gasteiger partial charge in [0.1, 0.15) is 5.82 Å². The van der Waals surface area contributed by atoms with Gasteiger partial charge in [-0.25, -0.2) is 4.98 Å². The highest BCUT2D eigenvalue weighted by Crippen LogP contribution is 2.26. The maximum Gasteiger partial charge on any atom is 0.255 e. The molecule has 1 N–H and O–H groups in total. The number of anilines is 1. The predicted molar refractivity (Wildman–Crippen MR) is 79.8 cm³/mol. The van der Waals surface area contributed by atoms with Gasteiger partial charge in [-0.15, -0.1) is 0 Å². The van der Waals surface area contributed by atoms with Crippen molar-refractivity contribution in [3.05, 3.63) is 22.8 Å². The fraction of sp³-hybridized carbons (Fsp3) is 0.571. The number of nitrogens with one attached hydrogen (secondary N) is 1. The van der Waals surface area contributed by atoms with Crippen LogP contribution < -0.4 is 5.32 Å². The van der Waals surface area contributed by atoms with E-state index in [2.05, 4.69) is 31.1 Å². The second-order valence-electron chi connectivity index (χ2n) is 5.76. The number of hydrogen-bond acceptors (Lipinski definition) is 3. The van der Waals surface area contributed by atoms with Crippen LogP contribution in [0.1, 0.15) is 38.1 Å². The molecule has 1 atom stereocenters. The van der Waals surface area contributed by atoms with Gasteiger partial charge in [-0.05, 0) is 18.4 Å². The van der Waals surface area contributed by atoms with Crippen molar-refractivity contribution >= 4 is 23.3 Å². The number of halogens is 1. The van der Waals surface area contributed by atoms with Crippen molar-refractivity contribution in [3.8, 4) is 0 Å². The molecule has 0 saturated heterocycles. The molecule has 0 aromatic carbocycles. The second kappa shape index (κ2) is 5.78. The van der Waals surface area contributed by atoms with E-state index in [1.165, 1.54) is 6.20 Å². The standard InChI is InChI=1S/C14H22ClN3O/c1-9(14(2,3)4)18(6)13(19)10-7-12(16-5)17-8-11(10)15/h7-9H,1-6H3,(H,16,17). The first-order chi connectivity index (χ1) is 8.68. The van der Waals surface area contributed by atoms with Crippen molar-refractivity contribution in [2.75, 3.05) is 19.4 Å². The molecule has 0 saturated carbocycles. The topological polar surface area (TPSA) is 45.2 Å².